The molecule has 1 amide bonds. The molecule has 3 nitrogen and oxygen atoms in total. The molecule has 1 N–H and O–H groups in total. The summed E-state index contributed by atoms with van der Waals surface area (Å²) in [7, 11) is 1.55. The van der Waals surface area contributed by atoms with Gasteiger partial charge in [0.1, 0.15) is 5.15 Å². The van der Waals surface area contributed by atoms with Crippen LogP contribution in [0, 0.1) is 0 Å². The summed E-state index contributed by atoms with van der Waals surface area (Å²) in [5.74, 6) is -0.219. The van der Waals surface area contributed by atoms with E-state index in [1.807, 2.05) is 0 Å². The summed E-state index contributed by atoms with van der Waals surface area (Å²) in [5.41, 5.74) is 0.400. The van der Waals surface area contributed by atoms with E-state index >= 15 is 0 Å². The van der Waals surface area contributed by atoms with Gasteiger partial charge in [-0.3, -0.25) is 4.79 Å². The van der Waals surface area contributed by atoms with Gasteiger partial charge in [0, 0.05) is 13.2 Å². The molecule has 0 spiro atoms. The number of carbonyl (C=O) groups is 1. The highest BCUT2D eigenvalue weighted by Gasteiger charge is 2.06. The highest BCUT2D eigenvalue weighted by molar-refractivity contribution is 6.32. The summed E-state index contributed by atoms with van der Waals surface area (Å²) in [4.78, 5) is 14.8. The number of rotatable bonds is 1. The quantitative estimate of drug-likeness (QED) is 0.642. The third kappa shape index (κ3) is 1.68. The van der Waals surface area contributed by atoms with E-state index in [1.54, 1.807) is 19.2 Å². The van der Waals surface area contributed by atoms with Crippen LogP contribution in [0.3, 0.4) is 0 Å². The van der Waals surface area contributed by atoms with Crippen LogP contribution < -0.4 is 5.32 Å². The first-order chi connectivity index (χ1) is 5.25. The average Bonchev–Trinajstić information content (AvgIpc) is 2.04. The first kappa shape index (κ1) is 8.01. The number of hydrogen-bond donors (Lipinski definition) is 1. The zero-order valence-corrected chi connectivity index (χ0v) is 6.72. The van der Waals surface area contributed by atoms with Gasteiger partial charge in [0.2, 0.25) is 0 Å². The Morgan fingerprint density at radius 1 is 1.73 bits per heavy atom. The monoisotopic (exact) mass is 170 g/mol. The predicted octanol–water partition coefficient (Wildman–Crippen LogP) is 1.09. The molecular formula is C7H7ClN2O. The molecule has 0 aliphatic carbocycles. The van der Waals surface area contributed by atoms with Gasteiger partial charge in [-0.25, -0.2) is 4.98 Å². The third-order valence-electron chi connectivity index (χ3n) is 1.23. The summed E-state index contributed by atoms with van der Waals surface area (Å²) >= 11 is 5.63. The maximum atomic E-state index is 11.0. The van der Waals surface area contributed by atoms with E-state index in [2.05, 4.69) is 10.3 Å². The highest BCUT2D eigenvalue weighted by Crippen LogP contribution is 2.10. The Balaban J connectivity index is 3.03. The SMILES string of the molecule is CNC(=O)c1cccnc1Cl. The smallest absolute Gasteiger partial charge is 0.254 e. The third-order valence-corrected chi connectivity index (χ3v) is 1.53. The Hall–Kier alpha value is -1.09. The molecule has 4 heteroatoms. The summed E-state index contributed by atoms with van der Waals surface area (Å²) in [6, 6.07) is 3.28. The van der Waals surface area contributed by atoms with Gasteiger partial charge in [-0.15, -0.1) is 0 Å². The maximum absolute atomic E-state index is 11.0. The lowest BCUT2D eigenvalue weighted by Gasteiger charge is -1.99. The van der Waals surface area contributed by atoms with Crippen LogP contribution in [0.1, 0.15) is 10.4 Å². The zero-order chi connectivity index (χ0) is 8.27. The molecule has 1 aromatic heterocycles. The Kier molecular flexibility index (Phi) is 2.44. The molecular weight excluding hydrogens is 164 g/mol. The van der Waals surface area contributed by atoms with Crippen molar-refractivity contribution < 1.29 is 4.79 Å². The van der Waals surface area contributed by atoms with Crippen molar-refractivity contribution >= 4 is 17.5 Å². The topological polar surface area (TPSA) is 42.0 Å². The number of carbonyl (C=O) groups excluding carboxylic acids is 1. The van der Waals surface area contributed by atoms with Crippen LogP contribution in [0.2, 0.25) is 5.15 Å². The second-order valence-electron chi connectivity index (χ2n) is 1.92. The Morgan fingerprint density at radius 3 is 3.00 bits per heavy atom. The van der Waals surface area contributed by atoms with E-state index < -0.39 is 0 Å². The first-order valence-corrected chi connectivity index (χ1v) is 3.46. The van der Waals surface area contributed by atoms with Crippen molar-refractivity contribution in [3.05, 3.63) is 29.0 Å². The van der Waals surface area contributed by atoms with Gasteiger partial charge in [-0.05, 0) is 12.1 Å². The van der Waals surface area contributed by atoms with Crippen molar-refractivity contribution in [2.45, 2.75) is 0 Å². The molecule has 0 bridgehead atoms. The van der Waals surface area contributed by atoms with E-state index in [4.69, 9.17) is 11.6 Å². The molecule has 1 rings (SSSR count). The largest absolute Gasteiger partial charge is 0.355 e. The molecule has 0 unspecified atom stereocenters. The van der Waals surface area contributed by atoms with E-state index in [-0.39, 0.29) is 11.1 Å². The molecule has 58 valence electrons. The molecule has 11 heavy (non-hydrogen) atoms. The minimum Gasteiger partial charge on any atom is -0.355 e. The second kappa shape index (κ2) is 3.34. The fourth-order valence-electron chi connectivity index (χ4n) is 0.690. The second-order valence-corrected chi connectivity index (χ2v) is 2.28. The fourth-order valence-corrected chi connectivity index (χ4v) is 0.895. The van der Waals surface area contributed by atoms with Gasteiger partial charge in [0.05, 0.1) is 5.56 Å². The zero-order valence-electron chi connectivity index (χ0n) is 5.97. The lowest BCUT2D eigenvalue weighted by molar-refractivity contribution is 0.0963. The average molecular weight is 171 g/mol. The summed E-state index contributed by atoms with van der Waals surface area (Å²) in [6.07, 6.45) is 1.54. The van der Waals surface area contributed by atoms with Crippen molar-refractivity contribution in [1.82, 2.24) is 10.3 Å². The summed E-state index contributed by atoms with van der Waals surface area (Å²) < 4.78 is 0. The van der Waals surface area contributed by atoms with Crippen LogP contribution in [0.25, 0.3) is 0 Å². The number of hydrogen-bond acceptors (Lipinski definition) is 2. The molecule has 0 aliphatic heterocycles. The highest BCUT2D eigenvalue weighted by atomic mass is 35.5. The lowest BCUT2D eigenvalue weighted by atomic mass is 10.3. The molecule has 0 saturated heterocycles. The summed E-state index contributed by atoms with van der Waals surface area (Å²) in [5, 5.41) is 2.69. The van der Waals surface area contributed by atoms with E-state index in [0.717, 1.165) is 0 Å². The normalized spacial score (nSPS) is 9.27. The van der Waals surface area contributed by atoms with Crippen LogP contribution in [-0.2, 0) is 0 Å². The Labute approximate surface area is 69.4 Å². The van der Waals surface area contributed by atoms with Crippen LogP contribution in [0.4, 0.5) is 0 Å². The van der Waals surface area contributed by atoms with E-state index in [9.17, 15) is 4.79 Å². The molecule has 1 heterocycles. The van der Waals surface area contributed by atoms with Crippen LogP contribution in [-0.4, -0.2) is 17.9 Å². The predicted molar refractivity (Wildman–Crippen MR) is 42.6 cm³/mol. The number of nitrogens with one attached hydrogen (secondary N) is 1. The minimum atomic E-state index is -0.219. The number of amides is 1. The van der Waals surface area contributed by atoms with Gasteiger partial charge in [0.15, 0.2) is 0 Å². The Morgan fingerprint density at radius 2 is 2.45 bits per heavy atom. The van der Waals surface area contributed by atoms with Crippen LogP contribution in [0.15, 0.2) is 18.3 Å². The van der Waals surface area contributed by atoms with E-state index in [1.165, 1.54) is 6.20 Å². The van der Waals surface area contributed by atoms with Gasteiger partial charge < -0.3 is 5.32 Å². The van der Waals surface area contributed by atoms with E-state index in [0.29, 0.717) is 5.56 Å². The van der Waals surface area contributed by atoms with Crippen molar-refractivity contribution in [3.8, 4) is 0 Å². The van der Waals surface area contributed by atoms with Crippen LogP contribution >= 0.6 is 11.6 Å². The van der Waals surface area contributed by atoms with Crippen molar-refractivity contribution in [1.29, 1.82) is 0 Å². The van der Waals surface area contributed by atoms with Crippen molar-refractivity contribution in [2.24, 2.45) is 0 Å². The molecule has 0 aromatic carbocycles. The van der Waals surface area contributed by atoms with Crippen molar-refractivity contribution in [2.75, 3.05) is 7.05 Å². The number of pyridine rings is 1. The van der Waals surface area contributed by atoms with Gasteiger partial charge in [-0.2, -0.15) is 0 Å². The lowest BCUT2D eigenvalue weighted by Crippen LogP contribution is -2.18. The number of halogens is 1. The van der Waals surface area contributed by atoms with Crippen LogP contribution in [0.5, 0.6) is 0 Å². The number of nitrogens with zero attached hydrogens (tertiary/aromatic N) is 1. The minimum absolute atomic E-state index is 0.219. The van der Waals surface area contributed by atoms with Gasteiger partial charge >= 0.3 is 0 Å². The number of aromatic nitrogens is 1. The molecule has 0 radical (unpaired) electrons. The summed E-state index contributed by atoms with van der Waals surface area (Å²) in [6.45, 7) is 0. The fraction of sp³-hybridized carbons (Fsp3) is 0.143. The molecule has 0 aliphatic rings. The standard InChI is InChI=1S/C7H7ClN2O/c1-9-7(11)5-3-2-4-10-6(5)8/h2-4H,1H3,(H,9,11). The van der Waals surface area contributed by atoms with Gasteiger partial charge in [-0.1, -0.05) is 11.6 Å². The van der Waals surface area contributed by atoms with Crippen molar-refractivity contribution in [3.63, 3.8) is 0 Å². The molecule has 0 saturated carbocycles. The molecule has 0 atom stereocenters. The Bertz CT molecular complexity index is 275. The maximum Gasteiger partial charge on any atom is 0.254 e. The molecule has 0 fully saturated rings. The van der Waals surface area contributed by atoms with Gasteiger partial charge in [0.25, 0.3) is 5.91 Å². The molecule has 1 aromatic rings. The first-order valence-electron chi connectivity index (χ1n) is 3.08.